The number of rotatable bonds is 2. The van der Waals surface area contributed by atoms with Gasteiger partial charge in [0, 0.05) is 17.2 Å². The van der Waals surface area contributed by atoms with Crippen molar-refractivity contribution >= 4 is 5.69 Å². The van der Waals surface area contributed by atoms with Crippen molar-refractivity contribution < 1.29 is 4.39 Å². The Morgan fingerprint density at radius 3 is 2.94 bits per heavy atom. The summed E-state index contributed by atoms with van der Waals surface area (Å²) in [5, 5.41) is 6.94. The van der Waals surface area contributed by atoms with Gasteiger partial charge in [-0.15, -0.1) is 0 Å². The Hall–Kier alpha value is -1.91. The smallest absolute Gasteiger partial charge is 0.183 e. The van der Waals surface area contributed by atoms with Crippen molar-refractivity contribution in [2.75, 3.05) is 5.73 Å². The van der Waals surface area contributed by atoms with Crippen LogP contribution in [0.4, 0.5) is 10.1 Å². The standard InChI is InChI=1S/C11H11FN4/c12-7-3-4-9(13)8(5-7)11-14-10(15-16-11)6-1-2-6/h3-6H,1-2,13H2,(H,14,15,16). The highest BCUT2D eigenvalue weighted by Crippen LogP contribution is 2.38. The Morgan fingerprint density at radius 1 is 1.38 bits per heavy atom. The van der Waals surface area contributed by atoms with Crippen LogP contribution in [0.15, 0.2) is 18.2 Å². The van der Waals surface area contributed by atoms with Gasteiger partial charge in [-0.2, -0.15) is 5.10 Å². The lowest BCUT2D eigenvalue weighted by molar-refractivity contribution is 0.628. The molecule has 1 saturated carbocycles. The lowest BCUT2D eigenvalue weighted by Crippen LogP contribution is -1.92. The maximum atomic E-state index is 13.1. The topological polar surface area (TPSA) is 67.6 Å². The number of nitrogens with zero attached hydrogens (tertiary/aromatic N) is 2. The van der Waals surface area contributed by atoms with Crippen LogP contribution in [0.5, 0.6) is 0 Å². The summed E-state index contributed by atoms with van der Waals surface area (Å²) in [6.45, 7) is 0. The minimum absolute atomic E-state index is 0.332. The molecule has 1 aliphatic rings. The molecule has 1 aromatic heterocycles. The third-order valence-corrected chi connectivity index (χ3v) is 2.72. The average molecular weight is 218 g/mol. The summed E-state index contributed by atoms with van der Waals surface area (Å²) >= 11 is 0. The van der Waals surface area contributed by atoms with E-state index in [1.165, 1.54) is 18.2 Å². The second-order valence-electron chi connectivity index (χ2n) is 4.05. The minimum atomic E-state index is -0.332. The van der Waals surface area contributed by atoms with Crippen LogP contribution < -0.4 is 5.73 Å². The van der Waals surface area contributed by atoms with E-state index in [2.05, 4.69) is 15.2 Å². The molecule has 0 bridgehead atoms. The summed E-state index contributed by atoms with van der Waals surface area (Å²) in [6.07, 6.45) is 2.29. The predicted molar refractivity (Wildman–Crippen MR) is 58.2 cm³/mol. The van der Waals surface area contributed by atoms with Gasteiger partial charge in [0.15, 0.2) is 5.82 Å². The molecule has 0 spiro atoms. The Bertz CT molecular complexity index is 531. The molecule has 0 atom stereocenters. The molecule has 0 saturated heterocycles. The summed E-state index contributed by atoms with van der Waals surface area (Å²) in [5.41, 5.74) is 6.80. The first-order chi connectivity index (χ1) is 7.74. The van der Waals surface area contributed by atoms with Crippen LogP contribution in [0.1, 0.15) is 24.6 Å². The van der Waals surface area contributed by atoms with Crippen molar-refractivity contribution in [1.29, 1.82) is 0 Å². The number of H-pyrrole nitrogens is 1. The molecule has 0 aliphatic heterocycles. The fourth-order valence-electron chi connectivity index (χ4n) is 1.66. The van der Waals surface area contributed by atoms with Gasteiger partial charge in [-0.1, -0.05) is 0 Å². The fraction of sp³-hybridized carbons (Fsp3) is 0.273. The van der Waals surface area contributed by atoms with Gasteiger partial charge in [0.05, 0.1) is 0 Å². The third-order valence-electron chi connectivity index (χ3n) is 2.72. The van der Waals surface area contributed by atoms with Crippen molar-refractivity contribution in [3.8, 4) is 11.4 Å². The van der Waals surface area contributed by atoms with Gasteiger partial charge in [0.2, 0.25) is 0 Å². The lowest BCUT2D eigenvalue weighted by atomic mass is 10.1. The second-order valence-corrected chi connectivity index (χ2v) is 4.05. The van der Waals surface area contributed by atoms with Gasteiger partial charge < -0.3 is 5.73 Å². The number of aromatic nitrogens is 3. The highest BCUT2D eigenvalue weighted by atomic mass is 19.1. The zero-order chi connectivity index (χ0) is 11.1. The van der Waals surface area contributed by atoms with E-state index < -0.39 is 0 Å². The summed E-state index contributed by atoms with van der Waals surface area (Å²) in [5.74, 6) is 1.51. The molecule has 5 heteroatoms. The van der Waals surface area contributed by atoms with Gasteiger partial charge in [-0.3, -0.25) is 5.10 Å². The average Bonchev–Trinajstić information content (AvgIpc) is 3.01. The van der Waals surface area contributed by atoms with Crippen molar-refractivity contribution in [2.24, 2.45) is 0 Å². The van der Waals surface area contributed by atoms with E-state index in [4.69, 9.17) is 5.73 Å². The monoisotopic (exact) mass is 218 g/mol. The number of hydrogen-bond acceptors (Lipinski definition) is 3. The van der Waals surface area contributed by atoms with Gasteiger partial charge in [-0.25, -0.2) is 9.37 Å². The van der Waals surface area contributed by atoms with Gasteiger partial charge >= 0.3 is 0 Å². The van der Waals surface area contributed by atoms with Gasteiger partial charge in [0.25, 0.3) is 0 Å². The third kappa shape index (κ3) is 1.54. The Morgan fingerprint density at radius 2 is 2.19 bits per heavy atom. The number of hydrogen-bond donors (Lipinski definition) is 2. The molecule has 1 heterocycles. The van der Waals surface area contributed by atoms with Crippen LogP contribution >= 0.6 is 0 Å². The summed E-state index contributed by atoms with van der Waals surface area (Å²) in [6, 6.07) is 4.21. The summed E-state index contributed by atoms with van der Waals surface area (Å²) in [4.78, 5) is 4.33. The van der Waals surface area contributed by atoms with Crippen molar-refractivity contribution in [3.63, 3.8) is 0 Å². The molecule has 0 unspecified atom stereocenters. The number of anilines is 1. The molecular weight excluding hydrogens is 207 g/mol. The highest BCUT2D eigenvalue weighted by molar-refractivity contribution is 5.71. The Kier molecular flexibility index (Phi) is 1.92. The number of nitrogens with one attached hydrogen (secondary N) is 1. The highest BCUT2D eigenvalue weighted by Gasteiger charge is 2.27. The zero-order valence-corrected chi connectivity index (χ0v) is 8.57. The molecular formula is C11H11FN4. The van der Waals surface area contributed by atoms with Gasteiger partial charge in [0.1, 0.15) is 11.6 Å². The number of halogens is 1. The molecule has 16 heavy (non-hydrogen) atoms. The normalized spacial score (nSPS) is 15.3. The Balaban J connectivity index is 2.03. The number of nitrogen functional groups attached to an aromatic ring is 1. The first-order valence-electron chi connectivity index (χ1n) is 5.22. The van der Waals surface area contributed by atoms with Gasteiger partial charge in [-0.05, 0) is 31.0 Å². The second kappa shape index (κ2) is 3.30. The van der Waals surface area contributed by atoms with Crippen LogP contribution in [0.2, 0.25) is 0 Å². The lowest BCUT2D eigenvalue weighted by Gasteiger charge is -2.00. The maximum Gasteiger partial charge on any atom is 0.183 e. The summed E-state index contributed by atoms with van der Waals surface area (Å²) in [7, 11) is 0. The van der Waals surface area contributed by atoms with Crippen LogP contribution in [-0.2, 0) is 0 Å². The largest absolute Gasteiger partial charge is 0.398 e. The van der Waals surface area contributed by atoms with Crippen LogP contribution in [0, 0.1) is 5.82 Å². The molecule has 3 rings (SSSR count). The van der Waals surface area contributed by atoms with Crippen LogP contribution in [0.3, 0.4) is 0 Å². The number of aromatic amines is 1. The number of benzene rings is 1. The first kappa shape index (κ1) is 9.33. The molecule has 3 N–H and O–H groups in total. The molecule has 0 amide bonds. The first-order valence-corrected chi connectivity index (χ1v) is 5.22. The quantitative estimate of drug-likeness (QED) is 0.758. The predicted octanol–water partition coefficient (Wildman–Crippen LogP) is 2.07. The van der Waals surface area contributed by atoms with E-state index in [1.807, 2.05) is 0 Å². The van der Waals surface area contributed by atoms with Crippen molar-refractivity contribution in [1.82, 2.24) is 15.2 Å². The van der Waals surface area contributed by atoms with E-state index in [0.29, 0.717) is 23.0 Å². The molecule has 0 radical (unpaired) electrons. The minimum Gasteiger partial charge on any atom is -0.398 e. The van der Waals surface area contributed by atoms with E-state index >= 15 is 0 Å². The van der Waals surface area contributed by atoms with E-state index in [0.717, 1.165) is 18.7 Å². The molecule has 82 valence electrons. The van der Waals surface area contributed by atoms with E-state index in [-0.39, 0.29) is 5.82 Å². The van der Waals surface area contributed by atoms with Crippen LogP contribution in [0.25, 0.3) is 11.4 Å². The number of nitrogens with two attached hydrogens (primary N) is 1. The van der Waals surface area contributed by atoms with Crippen molar-refractivity contribution in [2.45, 2.75) is 18.8 Å². The molecule has 1 fully saturated rings. The zero-order valence-electron chi connectivity index (χ0n) is 8.57. The molecule has 1 aliphatic carbocycles. The summed E-state index contributed by atoms with van der Waals surface area (Å²) < 4.78 is 13.1. The maximum absolute atomic E-state index is 13.1. The van der Waals surface area contributed by atoms with E-state index in [9.17, 15) is 4.39 Å². The SMILES string of the molecule is Nc1ccc(F)cc1-c1n[nH]c(C2CC2)n1. The Labute approximate surface area is 91.7 Å². The fourth-order valence-corrected chi connectivity index (χ4v) is 1.66. The van der Waals surface area contributed by atoms with E-state index in [1.54, 1.807) is 0 Å². The van der Waals surface area contributed by atoms with Crippen LogP contribution in [-0.4, -0.2) is 15.2 Å². The molecule has 1 aromatic carbocycles. The molecule has 2 aromatic rings. The molecule has 4 nitrogen and oxygen atoms in total. The van der Waals surface area contributed by atoms with Crippen molar-refractivity contribution in [3.05, 3.63) is 29.8 Å².